The van der Waals surface area contributed by atoms with Gasteiger partial charge in [0.15, 0.2) is 24.8 Å². The summed E-state index contributed by atoms with van der Waals surface area (Å²) in [6.07, 6.45) is 2.38. The van der Waals surface area contributed by atoms with E-state index in [-0.39, 0.29) is 22.1 Å². The van der Waals surface area contributed by atoms with Crippen LogP contribution in [0, 0.1) is 0 Å². The molecule has 1 fully saturated rings. The Morgan fingerprint density at radius 3 is 2.26 bits per heavy atom. The van der Waals surface area contributed by atoms with Gasteiger partial charge in [-0.05, 0) is 35.9 Å². The van der Waals surface area contributed by atoms with Gasteiger partial charge in [-0.2, -0.15) is 0 Å². The Balaban J connectivity index is 1.60. The number of aromatic nitrogens is 1. The molecule has 3 aromatic rings. The Kier molecular flexibility index (Phi) is 7.57. The van der Waals surface area contributed by atoms with Crippen LogP contribution in [-0.4, -0.2) is 84.5 Å². The van der Waals surface area contributed by atoms with Crippen molar-refractivity contribution in [3.05, 3.63) is 48.0 Å². The number of ether oxygens (including phenoxy) is 1. The lowest BCUT2D eigenvalue weighted by Crippen LogP contribution is -2.43. The summed E-state index contributed by atoms with van der Waals surface area (Å²) in [5, 5.41) is 0.497. The largest absolute Gasteiger partial charge is 0.379 e. The average molecular weight is 538 g/mol. The first-order chi connectivity index (χ1) is 16.5. The van der Waals surface area contributed by atoms with Crippen molar-refractivity contribution in [1.82, 2.24) is 9.88 Å². The highest BCUT2D eigenvalue weighted by Gasteiger charge is 2.22. The van der Waals surface area contributed by atoms with Crippen LogP contribution < -0.4 is 4.90 Å². The average Bonchev–Trinajstić information content (AvgIpc) is 3.22. The second-order valence-corrected chi connectivity index (χ2v) is 13.5. The van der Waals surface area contributed by atoms with Gasteiger partial charge in [-0.1, -0.05) is 23.5 Å². The summed E-state index contributed by atoms with van der Waals surface area (Å²) in [5.41, 5.74) is 1.32. The number of anilines is 1. The third-order valence-corrected chi connectivity index (χ3v) is 9.04. The molecule has 1 amide bonds. The molecular weight excluding hydrogens is 510 g/mol. The minimum atomic E-state index is -3.36. The standard InChI is InChI=1S/C23H27N3O6S3/c1-34(28,29)18-5-3-17(4-6-18)15-22(27)26(10-9-25-11-13-32-14-12-25)23-24-20-8-7-19(35(2,30)31)16-21(20)33-23/h3-8,16H,9-15H2,1-2H3. The smallest absolute Gasteiger partial charge is 0.233 e. The maximum absolute atomic E-state index is 13.4. The summed E-state index contributed by atoms with van der Waals surface area (Å²) in [4.78, 5) is 22.3. The van der Waals surface area contributed by atoms with Crippen molar-refractivity contribution in [2.45, 2.75) is 16.2 Å². The van der Waals surface area contributed by atoms with Crippen LogP contribution >= 0.6 is 11.3 Å². The monoisotopic (exact) mass is 537 g/mol. The number of carbonyl (C=O) groups excluding carboxylic acids is 1. The molecule has 0 atom stereocenters. The van der Waals surface area contributed by atoms with Crippen LogP contribution in [0.5, 0.6) is 0 Å². The zero-order chi connectivity index (χ0) is 25.2. The third-order valence-electron chi connectivity index (χ3n) is 5.76. The fourth-order valence-electron chi connectivity index (χ4n) is 3.76. The van der Waals surface area contributed by atoms with E-state index in [9.17, 15) is 21.6 Å². The predicted molar refractivity (Wildman–Crippen MR) is 136 cm³/mol. The molecule has 4 rings (SSSR count). The van der Waals surface area contributed by atoms with Crippen LogP contribution in [0.2, 0.25) is 0 Å². The predicted octanol–water partition coefficient (Wildman–Crippen LogP) is 2.01. The summed E-state index contributed by atoms with van der Waals surface area (Å²) >= 11 is 1.27. The van der Waals surface area contributed by atoms with Crippen molar-refractivity contribution < 1.29 is 26.4 Å². The lowest BCUT2D eigenvalue weighted by atomic mass is 10.1. The molecule has 0 radical (unpaired) electrons. The lowest BCUT2D eigenvalue weighted by molar-refractivity contribution is -0.118. The Hall–Kier alpha value is -2.38. The molecule has 12 heteroatoms. The summed E-state index contributed by atoms with van der Waals surface area (Å²) in [7, 11) is -6.68. The van der Waals surface area contributed by atoms with Gasteiger partial charge < -0.3 is 4.74 Å². The van der Waals surface area contributed by atoms with E-state index >= 15 is 0 Å². The maximum atomic E-state index is 13.4. The molecule has 9 nitrogen and oxygen atoms in total. The number of thiazole rings is 1. The number of morpholine rings is 1. The van der Waals surface area contributed by atoms with Crippen molar-refractivity contribution in [1.29, 1.82) is 0 Å². The Morgan fingerprint density at radius 2 is 1.63 bits per heavy atom. The first kappa shape index (κ1) is 25.7. The number of benzene rings is 2. The van der Waals surface area contributed by atoms with Gasteiger partial charge in [-0.15, -0.1) is 0 Å². The minimum absolute atomic E-state index is 0.0810. The molecule has 0 saturated carbocycles. The molecule has 0 spiro atoms. The van der Waals surface area contributed by atoms with Crippen LogP contribution in [0.1, 0.15) is 5.56 Å². The number of sulfone groups is 2. The van der Waals surface area contributed by atoms with E-state index in [1.807, 2.05) is 0 Å². The van der Waals surface area contributed by atoms with Gasteiger partial charge in [0, 0.05) is 38.7 Å². The first-order valence-electron chi connectivity index (χ1n) is 11.0. The van der Waals surface area contributed by atoms with Crippen molar-refractivity contribution in [3.8, 4) is 0 Å². The van der Waals surface area contributed by atoms with Gasteiger partial charge in [0.2, 0.25) is 5.91 Å². The van der Waals surface area contributed by atoms with E-state index in [1.54, 1.807) is 29.2 Å². The summed E-state index contributed by atoms with van der Waals surface area (Å²) in [6.45, 7) is 3.93. The molecule has 35 heavy (non-hydrogen) atoms. The zero-order valence-electron chi connectivity index (χ0n) is 19.5. The van der Waals surface area contributed by atoms with Gasteiger partial charge >= 0.3 is 0 Å². The van der Waals surface area contributed by atoms with Crippen LogP contribution in [0.3, 0.4) is 0 Å². The molecular formula is C23H27N3O6S3. The maximum Gasteiger partial charge on any atom is 0.233 e. The molecule has 1 aliphatic rings. The summed E-state index contributed by atoms with van der Waals surface area (Å²) < 4.78 is 53.5. The summed E-state index contributed by atoms with van der Waals surface area (Å²) in [5.74, 6) is -0.173. The van der Waals surface area contributed by atoms with Gasteiger partial charge in [0.1, 0.15) is 0 Å². The molecule has 0 N–H and O–H groups in total. The number of hydrogen-bond donors (Lipinski definition) is 0. The highest BCUT2D eigenvalue weighted by molar-refractivity contribution is 7.91. The van der Waals surface area contributed by atoms with Crippen molar-refractivity contribution in [3.63, 3.8) is 0 Å². The minimum Gasteiger partial charge on any atom is -0.379 e. The topological polar surface area (TPSA) is 114 Å². The Morgan fingerprint density at radius 1 is 1.00 bits per heavy atom. The second kappa shape index (κ2) is 10.3. The molecule has 2 aromatic carbocycles. The van der Waals surface area contributed by atoms with E-state index in [0.29, 0.717) is 47.2 Å². The zero-order valence-corrected chi connectivity index (χ0v) is 22.0. The lowest BCUT2D eigenvalue weighted by Gasteiger charge is -2.29. The second-order valence-electron chi connectivity index (χ2n) is 8.49. The molecule has 0 aliphatic carbocycles. The van der Waals surface area contributed by atoms with Crippen molar-refractivity contribution in [2.75, 3.05) is 56.8 Å². The van der Waals surface area contributed by atoms with E-state index in [0.717, 1.165) is 25.6 Å². The molecule has 1 saturated heterocycles. The Bertz CT molecular complexity index is 1430. The van der Waals surface area contributed by atoms with Crippen LogP contribution in [0.4, 0.5) is 5.13 Å². The number of hydrogen-bond acceptors (Lipinski definition) is 9. The molecule has 1 aliphatic heterocycles. The quantitative estimate of drug-likeness (QED) is 0.429. The van der Waals surface area contributed by atoms with Crippen LogP contribution in [-0.2, 0) is 35.6 Å². The molecule has 2 heterocycles. The molecule has 188 valence electrons. The Labute approximate surface area is 209 Å². The van der Waals surface area contributed by atoms with Crippen LogP contribution in [0.15, 0.2) is 52.3 Å². The van der Waals surface area contributed by atoms with Gasteiger partial charge in [0.05, 0.1) is 39.6 Å². The molecule has 1 aromatic heterocycles. The number of amides is 1. The fraction of sp³-hybridized carbons (Fsp3) is 0.391. The normalized spacial score (nSPS) is 15.4. The third kappa shape index (κ3) is 6.44. The van der Waals surface area contributed by atoms with Crippen molar-refractivity contribution in [2.24, 2.45) is 0 Å². The first-order valence-corrected chi connectivity index (χ1v) is 15.6. The van der Waals surface area contributed by atoms with Crippen molar-refractivity contribution >= 4 is 52.3 Å². The number of rotatable bonds is 8. The fourth-order valence-corrected chi connectivity index (χ4v) is 6.16. The van der Waals surface area contributed by atoms with E-state index < -0.39 is 19.7 Å². The highest BCUT2D eigenvalue weighted by atomic mass is 32.2. The number of fused-ring (bicyclic) bond motifs is 1. The number of nitrogens with zero attached hydrogens (tertiary/aromatic N) is 3. The molecule has 0 unspecified atom stereocenters. The van der Waals surface area contributed by atoms with Gasteiger partial charge in [-0.3, -0.25) is 14.6 Å². The highest BCUT2D eigenvalue weighted by Crippen LogP contribution is 2.31. The summed E-state index contributed by atoms with van der Waals surface area (Å²) in [6, 6.07) is 11.0. The van der Waals surface area contributed by atoms with Crippen LogP contribution in [0.25, 0.3) is 10.2 Å². The van der Waals surface area contributed by atoms with E-state index in [2.05, 4.69) is 9.88 Å². The number of carbonyl (C=O) groups is 1. The SMILES string of the molecule is CS(=O)(=O)c1ccc(CC(=O)N(CCN2CCOCC2)c2nc3ccc(S(C)(=O)=O)cc3s2)cc1. The van der Waals surface area contributed by atoms with E-state index in [4.69, 9.17) is 4.74 Å². The van der Waals surface area contributed by atoms with E-state index in [1.165, 1.54) is 29.5 Å². The van der Waals surface area contributed by atoms with Gasteiger partial charge in [-0.25, -0.2) is 21.8 Å². The molecule has 0 bridgehead atoms. The van der Waals surface area contributed by atoms with Gasteiger partial charge in [0.25, 0.3) is 0 Å².